The first-order chi connectivity index (χ1) is 10.8. The second-order valence-corrected chi connectivity index (χ2v) is 7.40. The third kappa shape index (κ3) is 3.90. The highest BCUT2D eigenvalue weighted by atomic mass is 32.2. The number of nitrogens with zero attached hydrogens (tertiary/aromatic N) is 1. The van der Waals surface area contributed by atoms with Crippen LogP contribution in [-0.4, -0.2) is 25.2 Å². The van der Waals surface area contributed by atoms with Crippen LogP contribution in [0.15, 0.2) is 48.5 Å². The lowest BCUT2D eigenvalue weighted by Gasteiger charge is -2.25. The molecule has 2 rings (SSSR count). The molecule has 0 fully saturated rings. The smallest absolute Gasteiger partial charge is 0.337 e. The van der Waals surface area contributed by atoms with Gasteiger partial charge in [0.25, 0.3) is 0 Å². The number of rotatable bonds is 6. The monoisotopic (exact) mass is 333 g/mol. The Morgan fingerprint density at radius 2 is 1.70 bits per heavy atom. The Labute approximate surface area is 136 Å². The topological polar surface area (TPSA) is 74.7 Å². The number of aryl methyl sites for hydroxylation is 1. The van der Waals surface area contributed by atoms with Crippen LogP contribution in [0.3, 0.4) is 0 Å². The van der Waals surface area contributed by atoms with E-state index in [1.54, 1.807) is 19.1 Å². The number of hydrogen-bond donors (Lipinski definition) is 1. The van der Waals surface area contributed by atoms with Crippen LogP contribution in [-0.2, 0) is 16.6 Å². The third-order valence-electron chi connectivity index (χ3n) is 3.55. The number of anilines is 1. The number of sulfonamides is 1. The molecule has 0 aromatic heterocycles. The lowest BCUT2D eigenvalue weighted by molar-refractivity contribution is 0.0697. The quantitative estimate of drug-likeness (QED) is 0.881. The summed E-state index contributed by atoms with van der Waals surface area (Å²) in [5.74, 6) is -1.26. The maximum atomic E-state index is 12.5. The van der Waals surface area contributed by atoms with E-state index in [9.17, 15) is 18.3 Å². The summed E-state index contributed by atoms with van der Waals surface area (Å²) in [6, 6.07) is 13.6. The summed E-state index contributed by atoms with van der Waals surface area (Å²) in [6.45, 7) is 3.59. The van der Waals surface area contributed by atoms with Crippen molar-refractivity contribution in [2.75, 3.05) is 10.1 Å². The summed E-state index contributed by atoms with van der Waals surface area (Å²) < 4.78 is 26.1. The minimum atomic E-state index is -3.61. The first-order valence-corrected chi connectivity index (χ1v) is 8.84. The van der Waals surface area contributed by atoms with Gasteiger partial charge in [-0.05, 0) is 31.5 Å². The first kappa shape index (κ1) is 17.0. The molecule has 0 radical (unpaired) electrons. The summed E-state index contributed by atoms with van der Waals surface area (Å²) in [5.41, 5.74) is 2.02. The summed E-state index contributed by atoms with van der Waals surface area (Å²) in [7, 11) is -3.61. The summed E-state index contributed by atoms with van der Waals surface area (Å²) >= 11 is 0. The van der Waals surface area contributed by atoms with Crippen LogP contribution in [0, 0.1) is 6.92 Å². The highest BCUT2D eigenvalue weighted by Gasteiger charge is 2.25. The molecule has 0 saturated carbocycles. The van der Waals surface area contributed by atoms with Crippen LogP contribution in [0.1, 0.15) is 28.4 Å². The largest absolute Gasteiger partial charge is 0.478 e. The number of hydrogen-bond acceptors (Lipinski definition) is 3. The molecule has 0 saturated heterocycles. The average molecular weight is 333 g/mol. The molecule has 23 heavy (non-hydrogen) atoms. The minimum Gasteiger partial charge on any atom is -0.478 e. The first-order valence-electron chi connectivity index (χ1n) is 7.23. The van der Waals surface area contributed by atoms with E-state index in [4.69, 9.17) is 0 Å². The zero-order chi connectivity index (χ0) is 17.0. The highest BCUT2D eigenvalue weighted by molar-refractivity contribution is 7.92. The van der Waals surface area contributed by atoms with Crippen molar-refractivity contribution in [3.63, 3.8) is 0 Å². The molecule has 1 N–H and O–H groups in total. The molecule has 0 unspecified atom stereocenters. The van der Waals surface area contributed by atoms with Crippen molar-refractivity contribution in [2.45, 2.75) is 20.4 Å². The predicted molar refractivity (Wildman–Crippen MR) is 90.2 cm³/mol. The molecule has 6 heteroatoms. The van der Waals surface area contributed by atoms with Gasteiger partial charge < -0.3 is 5.11 Å². The molecule has 0 aliphatic rings. The zero-order valence-electron chi connectivity index (χ0n) is 13.1. The normalized spacial score (nSPS) is 11.2. The molecular weight excluding hydrogens is 314 g/mol. The van der Waals surface area contributed by atoms with Crippen LogP contribution in [0.2, 0.25) is 0 Å². The number of carboxylic acid groups (broad SMARTS) is 1. The van der Waals surface area contributed by atoms with Crippen LogP contribution in [0.5, 0.6) is 0 Å². The molecule has 0 aliphatic carbocycles. The predicted octanol–water partition coefficient (Wildman–Crippen LogP) is 3.05. The lowest BCUT2D eigenvalue weighted by Crippen LogP contribution is -2.33. The fraction of sp³-hybridized carbons (Fsp3) is 0.235. The zero-order valence-corrected chi connectivity index (χ0v) is 13.9. The summed E-state index contributed by atoms with van der Waals surface area (Å²) in [4.78, 5) is 11.4. The number of aromatic carboxylic acids is 1. The Balaban J connectivity index is 2.52. The fourth-order valence-electron chi connectivity index (χ4n) is 2.22. The van der Waals surface area contributed by atoms with Gasteiger partial charge in [0.15, 0.2) is 0 Å². The van der Waals surface area contributed by atoms with E-state index in [0.29, 0.717) is 0 Å². The molecule has 5 nitrogen and oxygen atoms in total. The standard InChI is InChI=1S/C17H19NO4S/c1-3-23(21,22)18(12-14-10-8-13(2)9-11-14)16-7-5-4-6-15(16)17(19)20/h4-11H,3,12H2,1-2H3,(H,19,20). The Morgan fingerprint density at radius 3 is 2.26 bits per heavy atom. The second kappa shape index (κ2) is 6.83. The third-order valence-corrected chi connectivity index (χ3v) is 5.28. The molecule has 0 bridgehead atoms. The van der Waals surface area contributed by atoms with E-state index in [2.05, 4.69) is 0 Å². The number of para-hydroxylation sites is 1. The SMILES string of the molecule is CCS(=O)(=O)N(Cc1ccc(C)cc1)c1ccccc1C(=O)O. The Kier molecular flexibility index (Phi) is 5.05. The molecule has 2 aromatic carbocycles. The van der Waals surface area contributed by atoms with Gasteiger partial charge in [0.2, 0.25) is 10.0 Å². The van der Waals surface area contributed by atoms with Crippen LogP contribution in [0.25, 0.3) is 0 Å². The van der Waals surface area contributed by atoms with Crippen molar-refractivity contribution in [1.82, 2.24) is 0 Å². The maximum Gasteiger partial charge on any atom is 0.337 e. The molecule has 0 aliphatic heterocycles. The molecule has 0 spiro atoms. The van der Waals surface area contributed by atoms with Gasteiger partial charge in [0.05, 0.1) is 23.5 Å². The highest BCUT2D eigenvalue weighted by Crippen LogP contribution is 2.26. The van der Waals surface area contributed by atoms with Gasteiger partial charge >= 0.3 is 5.97 Å². The van der Waals surface area contributed by atoms with Gasteiger partial charge in [-0.15, -0.1) is 0 Å². The molecule has 0 heterocycles. The van der Waals surface area contributed by atoms with E-state index in [0.717, 1.165) is 11.1 Å². The van der Waals surface area contributed by atoms with E-state index < -0.39 is 16.0 Å². The van der Waals surface area contributed by atoms with Gasteiger partial charge in [-0.1, -0.05) is 42.0 Å². The van der Waals surface area contributed by atoms with Crippen molar-refractivity contribution in [2.24, 2.45) is 0 Å². The molecule has 2 aromatic rings. The van der Waals surface area contributed by atoms with E-state index in [1.165, 1.54) is 16.4 Å². The number of benzene rings is 2. The molecule has 122 valence electrons. The van der Waals surface area contributed by atoms with Crippen molar-refractivity contribution < 1.29 is 18.3 Å². The molecule has 0 atom stereocenters. The number of carbonyl (C=O) groups is 1. The van der Waals surface area contributed by atoms with E-state index in [-0.39, 0.29) is 23.5 Å². The molecule has 0 amide bonds. The molecular formula is C17H19NO4S. The fourth-order valence-corrected chi connectivity index (χ4v) is 3.34. The van der Waals surface area contributed by atoms with E-state index >= 15 is 0 Å². The van der Waals surface area contributed by atoms with Crippen LogP contribution < -0.4 is 4.31 Å². The van der Waals surface area contributed by atoms with Crippen molar-refractivity contribution in [3.05, 3.63) is 65.2 Å². The Bertz CT molecular complexity index is 798. The van der Waals surface area contributed by atoms with Gasteiger partial charge in [0.1, 0.15) is 0 Å². The van der Waals surface area contributed by atoms with Gasteiger partial charge in [0, 0.05) is 0 Å². The van der Waals surface area contributed by atoms with Crippen LogP contribution >= 0.6 is 0 Å². The Morgan fingerprint density at radius 1 is 1.09 bits per heavy atom. The minimum absolute atomic E-state index is 0.0309. The van der Waals surface area contributed by atoms with Crippen molar-refractivity contribution in [3.8, 4) is 0 Å². The van der Waals surface area contributed by atoms with Crippen molar-refractivity contribution in [1.29, 1.82) is 0 Å². The van der Waals surface area contributed by atoms with E-state index in [1.807, 2.05) is 31.2 Å². The van der Waals surface area contributed by atoms with Gasteiger partial charge in [-0.2, -0.15) is 0 Å². The lowest BCUT2D eigenvalue weighted by atomic mass is 10.1. The van der Waals surface area contributed by atoms with Gasteiger partial charge in [-0.25, -0.2) is 13.2 Å². The van der Waals surface area contributed by atoms with Crippen molar-refractivity contribution >= 4 is 21.7 Å². The summed E-state index contributed by atoms with van der Waals surface area (Å²) in [6.07, 6.45) is 0. The average Bonchev–Trinajstić information content (AvgIpc) is 2.54. The number of carboxylic acids is 1. The Hall–Kier alpha value is -2.34. The van der Waals surface area contributed by atoms with Gasteiger partial charge in [-0.3, -0.25) is 4.31 Å². The maximum absolute atomic E-state index is 12.5. The second-order valence-electron chi connectivity index (χ2n) is 5.22. The summed E-state index contributed by atoms with van der Waals surface area (Å²) in [5, 5.41) is 9.33. The van der Waals surface area contributed by atoms with Crippen LogP contribution in [0.4, 0.5) is 5.69 Å².